The molecule has 0 spiro atoms. The minimum Gasteiger partial charge on any atom is -0.309 e. The number of likely N-dealkylation sites (N-methyl/N-ethyl adjacent to an activating group) is 1. The van der Waals surface area contributed by atoms with E-state index in [1.54, 1.807) is 30.5 Å². The maximum absolute atomic E-state index is 13.8. The van der Waals surface area contributed by atoms with E-state index in [0.29, 0.717) is 24.2 Å². The van der Waals surface area contributed by atoms with Crippen LogP contribution in [0.25, 0.3) is 0 Å². The maximum Gasteiger partial charge on any atom is 0.146 e. The van der Waals surface area contributed by atoms with E-state index >= 15 is 0 Å². The van der Waals surface area contributed by atoms with Gasteiger partial charge in [0.25, 0.3) is 0 Å². The predicted octanol–water partition coefficient (Wildman–Crippen LogP) is 3.25. The van der Waals surface area contributed by atoms with Gasteiger partial charge in [0.2, 0.25) is 0 Å². The van der Waals surface area contributed by atoms with Gasteiger partial charge in [-0.1, -0.05) is 25.1 Å². The second kappa shape index (κ2) is 6.38. The number of nitrogens with zero attached hydrogens (tertiary/aromatic N) is 1. The number of hydrogen-bond donors (Lipinski definition) is 1. The molecule has 0 bridgehead atoms. The Hall–Kier alpha value is -1.81. The molecule has 0 aliphatic rings. The van der Waals surface area contributed by atoms with Gasteiger partial charge < -0.3 is 5.32 Å². The lowest BCUT2D eigenvalue weighted by atomic mass is 10.0. The van der Waals surface area contributed by atoms with Gasteiger partial charge in [0.15, 0.2) is 0 Å². The molecule has 0 aliphatic carbocycles. The van der Waals surface area contributed by atoms with Crippen LogP contribution in [0.15, 0.2) is 42.6 Å². The lowest BCUT2D eigenvalue weighted by molar-refractivity contribution is 0.484. The fraction of sp³-hybridized carbons (Fsp3) is 0.267. The third-order valence-electron chi connectivity index (χ3n) is 2.95. The molecule has 0 radical (unpaired) electrons. The van der Waals surface area contributed by atoms with Gasteiger partial charge in [-0.3, -0.25) is 4.98 Å². The fourth-order valence-corrected chi connectivity index (χ4v) is 2.05. The van der Waals surface area contributed by atoms with Crippen molar-refractivity contribution in [1.82, 2.24) is 10.3 Å². The van der Waals surface area contributed by atoms with Crippen LogP contribution >= 0.6 is 0 Å². The van der Waals surface area contributed by atoms with Crippen LogP contribution < -0.4 is 5.32 Å². The molecule has 19 heavy (non-hydrogen) atoms. The zero-order chi connectivity index (χ0) is 13.7. The Balaban J connectivity index is 2.27. The third-order valence-corrected chi connectivity index (χ3v) is 2.95. The SMILES string of the molecule is CCNC(Cc1ccccc1F)c1ncccc1F. The molecular formula is C15H16F2N2. The monoisotopic (exact) mass is 262 g/mol. The number of nitrogens with one attached hydrogen (secondary N) is 1. The van der Waals surface area contributed by atoms with Crippen molar-refractivity contribution in [3.8, 4) is 0 Å². The first-order valence-electron chi connectivity index (χ1n) is 6.29. The summed E-state index contributed by atoms with van der Waals surface area (Å²) < 4.78 is 27.4. The van der Waals surface area contributed by atoms with Gasteiger partial charge in [-0.2, -0.15) is 0 Å². The van der Waals surface area contributed by atoms with Crippen molar-refractivity contribution >= 4 is 0 Å². The molecule has 0 amide bonds. The summed E-state index contributed by atoms with van der Waals surface area (Å²) in [6.45, 7) is 2.59. The average molecular weight is 262 g/mol. The molecule has 4 heteroatoms. The molecule has 2 rings (SSSR count). The summed E-state index contributed by atoms with van der Waals surface area (Å²) in [5.41, 5.74) is 0.881. The Labute approximate surface area is 111 Å². The normalized spacial score (nSPS) is 12.4. The average Bonchev–Trinajstić information content (AvgIpc) is 2.41. The highest BCUT2D eigenvalue weighted by molar-refractivity contribution is 5.21. The van der Waals surface area contributed by atoms with Crippen molar-refractivity contribution < 1.29 is 8.78 Å². The predicted molar refractivity (Wildman–Crippen MR) is 70.7 cm³/mol. The first-order valence-corrected chi connectivity index (χ1v) is 6.29. The minimum absolute atomic E-state index is 0.276. The van der Waals surface area contributed by atoms with Crippen molar-refractivity contribution in [2.75, 3.05) is 6.54 Å². The van der Waals surface area contributed by atoms with Crippen LogP contribution in [-0.2, 0) is 6.42 Å². The molecule has 1 heterocycles. The lowest BCUT2D eigenvalue weighted by Crippen LogP contribution is -2.25. The van der Waals surface area contributed by atoms with Crippen molar-refractivity contribution in [3.05, 3.63) is 65.5 Å². The summed E-state index contributed by atoms with van der Waals surface area (Å²) in [5.74, 6) is -0.647. The van der Waals surface area contributed by atoms with Crippen LogP contribution in [0.2, 0.25) is 0 Å². The highest BCUT2D eigenvalue weighted by Crippen LogP contribution is 2.20. The van der Waals surface area contributed by atoms with Gasteiger partial charge in [0.05, 0.1) is 11.7 Å². The number of benzene rings is 1. The van der Waals surface area contributed by atoms with Crippen LogP contribution in [0, 0.1) is 11.6 Å². The van der Waals surface area contributed by atoms with E-state index in [1.165, 1.54) is 12.1 Å². The topological polar surface area (TPSA) is 24.9 Å². The Kier molecular flexibility index (Phi) is 4.58. The van der Waals surface area contributed by atoms with E-state index in [9.17, 15) is 8.78 Å². The van der Waals surface area contributed by atoms with Crippen LogP contribution in [0.5, 0.6) is 0 Å². The fourth-order valence-electron chi connectivity index (χ4n) is 2.05. The third kappa shape index (κ3) is 3.35. The number of hydrogen-bond acceptors (Lipinski definition) is 2. The molecular weight excluding hydrogens is 246 g/mol. The molecule has 2 nitrogen and oxygen atoms in total. The highest BCUT2D eigenvalue weighted by Gasteiger charge is 2.18. The molecule has 0 fully saturated rings. The first kappa shape index (κ1) is 13.6. The molecule has 1 N–H and O–H groups in total. The Morgan fingerprint density at radius 1 is 1.11 bits per heavy atom. The smallest absolute Gasteiger partial charge is 0.146 e. The quantitative estimate of drug-likeness (QED) is 0.894. The number of halogens is 2. The van der Waals surface area contributed by atoms with E-state index in [-0.39, 0.29) is 17.7 Å². The van der Waals surface area contributed by atoms with Gasteiger partial charge in [0.1, 0.15) is 11.6 Å². The number of aromatic nitrogens is 1. The van der Waals surface area contributed by atoms with Crippen molar-refractivity contribution in [2.24, 2.45) is 0 Å². The number of rotatable bonds is 5. The van der Waals surface area contributed by atoms with Crippen molar-refractivity contribution in [1.29, 1.82) is 0 Å². The zero-order valence-corrected chi connectivity index (χ0v) is 10.7. The van der Waals surface area contributed by atoms with Crippen molar-refractivity contribution in [3.63, 3.8) is 0 Å². The van der Waals surface area contributed by atoms with E-state index < -0.39 is 0 Å². The molecule has 0 saturated heterocycles. The van der Waals surface area contributed by atoms with E-state index in [1.807, 2.05) is 6.92 Å². The minimum atomic E-state index is -0.371. The summed E-state index contributed by atoms with van der Waals surface area (Å²) in [7, 11) is 0. The molecule has 1 aromatic carbocycles. The van der Waals surface area contributed by atoms with Crippen LogP contribution in [-0.4, -0.2) is 11.5 Å². The molecule has 0 aliphatic heterocycles. The molecule has 1 aromatic heterocycles. The number of pyridine rings is 1. The summed E-state index contributed by atoms with van der Waals surface area (Å²) >= 11 is 0. The van der Waals surface area contributed by atoms with E-state index in [4.69, 9.17) is 0 Å². The Morgan fingerprint density at radius 2 is 1.84 bits per heavy atom. The van der Waals surface area contributed by atoms with Crippen LogP contribution in [0.1, 0.15) is 24.2 Å². The highest BCUT2D eigenvalue weighted by atomic mass is 19.1. The van der Waals surface area contributed by atoms with Gasteiger partial charge in [-0.05, 0) is 36.7 Å². The van der Waals surface area contributed by atoms with Crippen LogP contribution in [0.4, 0.5) is 8.78 Å². The molecule has 100 valence electrons. The second-order valence-corrected chi connectivity index (χ2v) is 4.28. The summed E-state index contributed by atoms with van der Waals surface area (Å²) in [4.78, 5) is 4.06. The second-order valence-electron chi connectivity index (χ2n) is 4.28. The largest absolute Gasteiger partial charge is 0.309 e. The van der Waals surface area contributed by atoms with Crippen LogP contribution in [0.3, 0.4) is 0 Å². The van der Waals surface area contributed by atoms with Gasteiger partial charge >= 0.3 is 0 Å². The molecule has 1 unspecified atom stereocenters. The standard InChI is InChI=1S/C15H16F2N2/c1-2-18-14(15-13(17)8-5-9-19-15)10-11-6-3-4-7-12(11)16/h3-9,14,18H,2,10H2,1H3. The van der Waals surface area contributed by atoms with E-state index in [2.05, 4.69) is 10.3 Å². The summed E-state index contributed by atoms with van der Waals surface area (Å²) in [6.07, 6.45) is 1.92. The molecule has 2 aromatic rings. The Bertz CT molecular complexity index is 543. The van der Waals surface area contributed by atoms with Crippen molar-refractivity contribution in [2.45, 2.75) is 19.4 Å². The zero-order valence-electron chi connectivity index (χ0n) is 10.7. The Morgan fingerprint density at radius 3 is 2.53 bits per heavy atom. The van der Waals surface area contributed by atoms with E-state index in [0.717, 1.165) is 0 Å². The first-order chi connectivity index (χ1) is 9.22. The summed E-state index contributed by atoms with van der Waals surface area (Å²) in [5, 5.41) is 3.15. The van der Waals surface area contributed by atoms with Gasteiger partial charge in [-0.15, -0.1) is 0 Å². The molecule has 1 atom stereocenters. The van der Waals surface area contributed by atoms with Gasteiger partial charge in [0, 0.05) is 6.20 Å². The lowest BCUT2D eigenvalue weighted by Gasteiger charge is -2.18. The maximum atomic E-state index is 13.8. The van der Waals surface area contributed by atoms with Gasteiger partial charge in [-0.25, -0.2) is 8.78 Å². The summed E-state index contributed by atoms with van der Waals surface area (Å²) in [6, 6.07) is 9.12. The molecule has 0 saturated carbocycles.